The van der Waals surface area contributed by atoms with Crippen LogP contribution in [0.3, 0.4) is 0 Å². The zero-order valence-electron chi connectivity index (χ0n) is 18.0. The number of ether oxygens (including phenoxy) is 1. The highest BCUT2D eigenvalue weighted by Crippen LogP contribution is 2.25. The van der Waals surface area contributed by atoms with Gasteiger partial charge in [-0.15, -0.1) is 6.42 Å². The Labute approximate surface area is 181 Å². The third kappa shape index (κ3) is 5.63. The van der Waals surface area contributed by atoms with E-state index in [-0.39, 0.29) is 17.9 Å². The van der Waals surface area contributed by atoms with Gasteiger partial charge in [0.05, 0.1) is 6.10 Å². The van der Waals surface area contributed by atoms with Gasteiger partial charge in [0.25, 0.3) is 0 Å². The second kappa shape index (κ2) is 10.4. The smallest absolute Gasteiger partial charge is 0.223 e. The fraction of sp³-hybridized carbons (Fsp3) is 0.640. The van der Waals surface area contributed by atoms with E-state index in [1.165, 1.54) is 18.4 Å². The third-order valence-electron chi connectivity index (χ3n) is 7.03. The van der Waals surface area contributed by atoms with Crippen molar-refractivity contribution in [3.05, 3.63) is 35.4 Å². The van der Waals surface area contributed by atoms with Crippen molar-refractivity contribution in [1.82, 2.24) is 15.1 Å². The van der Waals surface area contributed by atoms with E-state index in [4.69, 9.17) is 11.2 Å². The van der Waals surface area contributed by atoms with Crippen molar-refractivity contribution in [1.29, 1.82) is 0 Å². The minimum Gasteiger partial charge on any atom is -0.376 e. The van der Waals surface area contributed by atoms with E-state index in [0.717, 1.165) is 70.6 Å². The third-order valence-corrected chi connectivity index (χ3v) is 7.03. The van der Waals surface area contributed by atoms with Gasteiger partial charge in [-0.05, 0) is 82.4 Å². The topological polar surface area (TPSA) is 44.8 Å². The molecule has 0 spiro atoms. The monoisotopic (exact) mass is 409 g/mol. The van der Waals surface area contributed by atoms with Crippen LogP contribution in [0.2, 0.25) is 0 Å². The molecule has 5 nitrogen and oxygen atoms in total. The summed E-state index contributed by atoms with van der Waals surface area (Å²) in [5.41, 5.74) is 2.28. The van der Waals surface area contributed by atoms with Gasteiger partial charge in [-0.25, -0.2) is 0 Å². The summed E-state index contributed by atoms with van der Waals surface area (Å²) in [7, 11) is 0. The molecule has 0 saturated carbocycles. The molecular formula is C25H35N3O2. The largest absolute Gasteiger partial charge is 0.376 e. The number of hydrogen-bond donors (Lipinski definition) is 1. The molecule has 5 heteroatoms. The van der Waals surface area contributed by atoms with Crippen LogP contribution in [0.1, 0.15) is 49.7 Å². The van der Waals surface area contributed by atoms with Gasteiger partial charge < -0.3 is 15.0 Å². The number of nitrogens with zero attached hydrogens (tertiary/aromatic N) is 2. The van der Waals surface area contributed by atoms with Crippen molar-refractivity contribution in [2.75, 3.05) is 39.3 Å². The number of terminal acetylenes is 1. The van der Waals surface area contributed by atoms with E-state index in [0.29, 0.717) is 12.6 Å². The van der Waals surface area contributed by atoms with Gasteiger partial charge in [-0.3, -0.25) is 9.69 Å². The summed E-state index contributed by atoms with van der Waals surface area (Å²) in [4.78, 5) is 17.7. The molecule has 3 saturated heterocycles. The van der Waals surface area contributed by atoms with E-state index in [1.807, 2.05) is 12.1 Å². The second-order valence-electron chi connectivity index (χ2n) is 9.04. The molecule has 0 radical (unpaired) electrons. The van der Waals surface area contributed by atoms with Crippen LogP contribution in [0.5, 0.6) is 0 Å². The molecule has 1 atom stereocenters. The first-order chi connectivity index (χ1) is 14.7. The molecule has 162 valence electrons. The van der Waals surface area contributed by atoms with Crippen LogP contribution >= 0.6 is 0 Å². The van der Waals surface area contributed by atoms with Crippen molar-refractivity contribution < 1.29 is 9.53 Å². The average molecular weight is 410 g/mol. The standard InChI is InChI=1S/C25H35N3O2/c1-2-20-5-7-21(8-6-20)19-27-13-11-23(12-14-27)28-15-9-22(10-16-28)25(29)26-18-24-4-3-17-30-24/h1,5-8,22-24H,3-4,9-19H2,(H,26,29)/t24-/m1/s1. The molecule has 1 aromatic rings. The Morgan fingerprint density at radius 2 is 1.80 bits per heavy atom. The van der Waals surface area contributed by atoms with Gasteiger partial charge in [0.15, 0.2) is 0 Å². The molecule has 1 amide bonds. The maximum absolute atomic E-state index is 12.5. The molecule has 4 rings (SSSR count). The summed E-state index contributed by atoms with van der Waals surface area (Å²) in [6, 6.07) is 9.03. The minimum atomic E-state index is 0.175. The van der Waals surface area contributed by atoms with E-state index >= 15 is 0 Å². The Balaban J connectivity index is 1.15. The molecule has 0 bridgehead atoms. The maximum Gasteiger partial charge on any atom is 0.223 e. The lowest BCUT2D eigenvalue weighted by Crippen LogP contribution is -2.49. The highest BCUT2D eigenvalue weighted by molar-refractivity contribution is 5.78. The van der Waals surface area contributed by atoms with Gasteiger partial charge in [-0.2, -0.15) is 0 Å². The number of amides is 1. The summed E-state index contributed by atoms with van der Waals surface area (Å²) in [5, 5.41) is 3.12. The highest BCUT2D eigenvalue weighted by Gasteiger charge is 2.31. The van der Waals surface area contributed by atoms with Gasteiger partial charge in [0.2, 0.25) is 5.91 Å². The summed E-state index contributed by atoms with van der Waals surface area (Å²) >= 11 is 0. The molecule has 3 fully saturated rings. The van der Waals surface area contributed by atoms with Crippen molar-refractivity contribution in [3.63, 3.8) is 0 Å². The molecule has 3 heterocycles. The number of hydrogen-bond acceptors (Lipinski definition) is 4. The Bertz CT molecular complexity index is 720. The van der Waals surface area contributed by atoms with Gasteiger partial charge in [0.1, 0.15) is 0 Å². The SMILES string of the molecule is C#Cc1ccc(CN2CCC(N3CCC(C(=O)NC[C@H]4CCCO4)CC3)CC2)cc1. The number of piperidine rings is 2. The van der Waals surface area contributed by atoms with Crippen LogP contribution in [-0.4, -0.2) is 67.2 Å². The van der Waals surface area contributed by atoms with Crippen molar-refractivity contribution >= 4 is 5.91 Å². The Hall–Kier alpha value is -1.87. The zero-order chi connectivity index (χ0) is 20.8. The number of carbonyl (C=O) groups is 1. The predicted octanol–water partition coefficient (Wildman–Crippen LogP) is 2.64. The second-order valence-corrected chi connectivity index (χ2v) is 9.04. The highest BCUT2D eigenvalue weighted by atomic mass is 16.5. The first-order valence-corrected chi connectivity index (χ1v) is 11.6. The summed E-state index contributed by atoms with van der Waals surface area (Å²) < 4.78 is 5.61. The lowest BCUT2D eigenvalue weighted by Gasteiger charge is -2.41. The van der Waals surface area contributed by atoms with E-state index in [2.05, 4.69) is 33.2 Å². The number of benzene rings is 1. The zero-order valence-corrected chi connectivity index (χ0v) is 18.0. The van der Waals surface area contributed by atoms with Crippen LogP contribution < -0.4 is 5.32 Å². The molecule has 3 aliphatic heterocycles. The molecule has 0 aliphatic carbocycles. The Morgan fingerprint density at radius 3 is 2.43 bits per heavy atom. The fourth-order valence-corrected chi connectivity index (χ4v) is 5.10. The number of nitrogens with one attached hydrogen (secondary N) is 1. The van der Waals surface area contributed by atoms with Gasteiger partial charge >= 0.3 is 0 Å². The van der Waals surface area contributed by atoms with Gasteiger partial charge in [-0.1, -0.05) is 18.1 Å². The molecule has 0 aromatic heterocycles. The van der Waals surface area contributed by atoms with Crippen LogP contribution in [-0.2, 0) is 16.1 Å². The van der Waals surface area contributed by atoms with Crippen molar-refractivity contribution in [2.24, 2.45) is 5.92 Å². The Morgan fingerprint density at radius 1 is 1.07 bits per heavy atom. The molecule has 1 N–H and O–H groups in total. The first-order valence-electron chi connectivity index (χ1n) is 11.6. The molecule has 30 heavy (non-hydrogen) atoms. The fourth-order valence-electron chi connectivity index (χ4n) is 5.10. The first kappa shape index (κ1) is 21.4. The van der Waals surface area contributed by atoms with Crippen LogP contribution in [0.25, 0.3) is 0 Å². The van der Waals surface area contributed by atoms with Crippen molar-refractivity contribution in [2.45, 2.75) is 57.2 Å². The van der Waals surface area contributed by atoms with Gasteiger partial charge in [0, 0.05) is 37.2 Å². The Kier molecular flexibility index (Phi) is 7.43. The molecule has 1 aromatic carbocycles. The van der Waals surface area contributed by atoms with E-state index in [9.17, 15) is 4.79 Å². The quantitative estimate of drug-likeness (QED) is 0.734. The average Bonchev–Trinajstić information content (AvgIpc) is 3.32. The lowest BCUT2D eigenvalue weighted by molar-refractivity contribution is -0.127. The van der Waals surface area contributed by atoms with Crippen molar-refractivity contribution in [3.8, 4) is 12.3 Å². The summed E-state index contributed by atoms with van der Waals surface area (Å²) in [6.07, 6.45) is 12.3. The van der Waals surface area contributed by atoms with Crippen LogP contribution in [0.15, 0.2) is 24.3 Å². The molecular weight excluding hydrogens is 374 g/mol. The van der Waals surface area contributed by atoms with Crippen LogP contribution in [0.4, 0.5) is 0 Å². The number of carbonyl (C=O) groups excluding carboxylic acids is 1. The van der Waals surface area contributed by atoms with E-state index < -0.39 is 0 Å². The number of likely N-dealkylation sites (tertiary alicyclic amines) is 2. The normalized spacial score (nSPS) is 24.6. The number of rotatable bonds is 6. The predicted molar refractivity (Wildman–Crippen MR) is 119 cm³/mol. The van der Waals surface area contributed by atoms with Crippen LogP contribution in [0, 0.1) is 18.3 Å². The maximum atomic E-state index is 12.5. The molecule has 3 aliphatic rings. The minimum absolute atomic E-state index is 0.175. The summed E-state index contributed by atoms with van der Waals surface area (Å²) in [5.74, 6) is 3.09. The molecule has 0 unspecified atom stereocenters. The lowest BCUT2D eigenvalue weighted by atomic mass is 9.92. The summed E-state index contributed by atoms with van der Waals surface area (Å²) in [6.45, 7) is 6.92. The van der Waals surface area contributed by atoms with E-state index in [1.54, 1.807) is 0 Å².